The zero-order valence-corrected chi connectivity index (χ0v) is 27.0. The average Bonchev–Trinajstić information content (AvgIpc) is 2.93. The fourth-order valence-electron chi connectivity index (χ4n) is 6.40. The molecule has 0 bridgehead atoms. The summed E-state index contributed by atoms with van der Waals surface area (Å²) in [4.78, 5) is 2.74. The Balaban J connectivity index is 2.21. The van der Waals surface area contributed by atoms with E-state index in [2.05, 4.69) is 43.2 Å². The fraction of sp³-hybridized carbons (Fsp3) is 1.00. The third kappa shape index (κ3) is 20.7. The van der Waals surface area contributed by atoms with E-state index in [0.717, 1.165) is 18.0 Å². The number of hydrogen-bond donors (Lipinski definition) is 2. The standard InChI is InChI=1S/C35H73N3/c1-5-9-13-16-20-25-34(24-17-12-8-4)37-35-26-30-38(31-27-35)29-21-28-36-32-33(22-18-14-10-6-2)23-19-15-11-7-3/h33-37H,5-32H2,1-4H3. The lowest BCUT2D eigenvalue weighted by atomic mass is 9.94. The number of unbranched alkanes of at least 4 members (excludes halogenated alkanes) is 12. The van der Waals surface area contributed by atoms with E-state index in [-0.39, 0.29) is 0 Å². The Morgan fingerprint density at radius 3 is 1.63 bits per heavy atom. The Kier molecular flexibility index (Phi) is 25.6. The summed E-state index contributed by atoms with van der Waals surface area (Å²) in [6, 6.07) is 1.52. The molecule has 0 aromatic carbocycles. The van der Waals surface area contributed by atoms with Crippen molar-refractivity contribution in [2.45, 2.75) is 187 Å². The van der Waals surface area contributed by atoms with Gasteiger partial charge in [0, 0.05) is 12.1 Å². The van der Waals surface area contributed by atoms with E-state index in [0.29, 0.717) is 0 Å². The van der Waals surface area contributed by atoms with Gasteiger partial charge < -0.3 is 15.5 Å². The Labute approximate surface area is 241 Å². The number of nitrogens with one attached hydrogen (secondary N) is 2. The predicted octanol–water partition coefficient (Wildman–Crippen LogP) is 9.89. The molecule has 0 aliphatic carbocycles. The van der Waals surface area contributed by atoms with Gasteiger partial charge in [0.15, 0.2) is 0 Å². The molecule has 0 saturated carbocycles. The van der Waals surface area contributed by atoms with Gasteiger partial charge >= 0.3 is 0 Å². The maximum Gasteiger partial charge on any atom is 0.00940 e. The molecule has 1 heterocycles. The van der Waals surface area contributed by atoms with Crippen LogP contribution in [0.3, 0.4) is 0 Å². The minimum Gasteiger partial charge on any atom is -0.316 e. The van der Waals surface area contributed by atoms with Crippen LogP contribution in [0.5, 0.6) is 0 Å². The van der Waals surface area contributed by atoms with Crippen LogP contribution in [-0.4, -0.2) is 49.7 Å². The van der Waals surface area contributed by atoms with E-state index in [1.54, 1.807) is 0 Å². The molecule has 3 nitrogen and oxygen atoms in total. The van der Waals surface area contributed by atoms with Crippen molar-refractivity contribution >= 4 is 0 Å². The number of likely N-dealkylation sites (tertiary alicyclic amines) is 1. The van der Waals surface area contributed by atoms with Gasteiger partial charge in [-0.1, -0.05) is 130 Å². The van der Waals surface area contributed by atoms with Crippen LogP contribution in [0.25, 0.3) is 0 Å². The van der Waals surface area contributed by atoms with Crippen molar-refractivity contribution in [3.8, 4) is 0 Å². The molecule has 1 rings (SSSR count). The predicted molar refractivity (Wildman–Crippen MR) is 172 cm³/mol. The van der Waals surface area contributed by atoms with E-state index in [1.165, 1.54) is 180 Å². The molecular formula is C35H73N3. The third-order valence-electron chi connectivity index (χ3n) is 9.06. The number of nitrogens with zero attached hydrogens (tertiary/aromatic N) is 1. The van der Waals surface area contributed by atoms with Gasteiger partial charge in [0.2, 0.25) is 0 Å². The lowest BCUT2D eigenvalue weighted by molar-refractivity contribution is 0.184. The van der Waals surface area contributed by atoms with Gasteiger partial charge in [0.25, 0.3) is 0 Å². The summed E-state index contributed by atoms with van der Waals surface area (Å²) in [6.07, 6.45) is 32.2. The van der Waals surface area contributed by atoms with Gasteiger partial charge in [0.05, 0.1) is 0 Å². The van der Waals surface area contributed by atoms with Gasteiger partial charge in [-0.15, -0.1) is 0 Å². The summed E-state index contributed by atoms with van der Waals surface area (Å²) >= 11 is 0. The minimum atomic E-state index is 0.757. The van der Waals surface area contributed by atoms with Crippen LogP contribution >= 0.6 is 0 Å². The molecule has 1 fully saturated rings. The van der Waals surface area contributed by atoms with Crippen molar-refractivity contribution < 1.29 is 0 Å². The molecule has 0 radical (unpaired) electrons. The van der Waals surface area contributed by atoms with Gasteiger partial charge in [-0.3, -0.25) is 0 Å². The normalized spacial score (nSPS) is 16.0. The van der Waals surface area contributed by atoms with Crippen molar-refractivity contribution in [2.24, 2.45) is 5.92 Å². The maximum atomic E-state index is 4.13. The highest BCUT2D eigenvalue weighted by atomic mass is 15.1. The van der Waals surface area contributed by atoms with Crippen molar-refractivity contribution in [1.82, 2.24) is 15.5 Å². The second kappa shape index (κ2) is 27.1. The highest BCUT2D eigenvalue weighted by molar-refractivity contribution is 4.81. The molecule has 0 aromatic heterocycles. The van der Waals surface area contributed by atoms with Crippen LogP contribution in [0, 0.1) is 5.92 Å². The van der Waals surface area contributed by atoms with Crippen molar-refractivity contribution in [3.05, 3.63) is 0 Å². The molecule has 3 heteroatoms. The van der Waals surface area contributed by atoms with Gasteiger partial charge in [-0.05, 0) is 83.6 Å². The van der Waals surface area contributed by atoms with E-state index < -0.39 is 0 Å². The molecular weight excluding hydrogens is 462 g/mol. The van der Waals surface area contributed by atoms with E-state index in [1.807, 2.05) is 0 Å². The first-order valence-electron chi connectivity index (χ1n) is 17.9. The van der Waals surface area contributed by atoms with E-state index >= 15 is 0 Å². The molecule has 1 aliphatic rings. The molecule has 1 atom stereocenters. The number of hydrogen-bond acceptors (Lipinski definition) is 3. The van der Waals surface area contributed by atoms with Gasteiger partial charge in [-0.25, -0.2) is 0 Å². The minimum absolute atomic E-state index is 0.757. The second-order valence-corrected chi connectivity index (χ2v) is 12.8. The van der Waals surface area contributed by atoms with Crippen LogP contribution in [0.1, 0.15) is 175 Å². The summed E-state index contributed by atoms with van der Waals surface area (Å²) in [6.45, 7) is 15.6. The molecule has 1 saturated heterocycles. The Hall–Kier alpha value is -0.120. The third-order valence-corrected chi connectivity index (χ3v) is 9.06. The van der Waals surface area contributed by atoms with Crippen LogP contribution < -0.4 is 10.6 Å². The quantitative estimate of drug-likeness (QED) is 0.0976. The first-order valence-corrected chi connectivity index (χ1v) is 17.9. The lowest BCUT2D eigenvalue weighted by Crippen LogP contribution is -2.46. The van der Waals surface area contributed by atoms with Crippen molar-refractivity contribution in [2.75, 3.05) is 32.7 Å². The van der Waals surface area contributed by atoms with Gasteiger partial charge in [-0.2, -0.15) is 0 Å². The summed E-state index contributed by atoms with van der Waals surface area (Å²) < 4.78 is 0. The molecule has 1 aliphatic heterocycles. The molecule has 0 amide bonds. The molecule has 1 unspecified atom stereocenters. The molecule has 0 spiro atoms. The lowest BCUT2D eigenvalue weighted by Gasteiger charge is -2.35. The smallest absolute Gasteiger partial charge is 0.00940 e. The van der Waals surface area contributed by atoms with Crippen LogP contribution in [0.2, 0.25) is 0 Å². The first-order chi connectivity index (χ1) is 18.7. The largest absolute Gasteiger partial charge is 0.316 e. The monoisotopic (exact) mass is 536 g/mol. The maximum absolute atomic E-state index is 4.13. The van der Waals surface area contributed by atoms with Crippen LogP contribution in [0.15, 0.2) is 0 Å². The Morgan fingerprint density at radius 2 is 1.05 bits per heavy atom. The molecule has 228 valence electrons. The highest BCUT2D eigenvalue weighted by Gasteiger charge is 2.21. The zero-order valence-electron chi connectivity index (χ0n) is 27.0. The number of piperidine rings is 1. The summed E-state index contributed by atoms with van der Waals surface area (Å²) in [5, 5.41) is 7.98. The Bertz CT molecular complexity index is 448. The first kappa shape index (κ1) is 35.9. The summed E-state index contributed by atoms with van der Waals surface area (Å²) in [5.74, 6) is 0.905. The summed E-state index contributed by atoms with van der Waals surface area (Å²) in [7, 11) is 0. The Morgan fingerprint density at radius 1 is 0.579 bits per heavy atom. The molecule has 0 aromatic rings. The second-order valence-electron chi connectivity index (χ2n) is 12.8. The average molecular weight is 536 g/mol. The van der Waals surface area contributed by atoms with Crippen molar-refractivity contribution in [1.29, 1.82) is 0 Å². The zero-order chi connectivity index (χ0) is 27.5. The molecule has 2 N–H and O–H groups in total. The molecule has 38 heavy (non-hydrogen) atoms. The number of rotatable bonds is 28. The van der Waals surface area contributed by atoms with Crippen LogP contribution in [-0.2, 0) is 0 Å². The van der Waals surface area contributed by atoms with Gasteiger partial charge in [0.1, 0.15) is 0 Å². The fourth-order valence-corrected chi connectivity index (χ4v) is 6.40. The topological polar surface area (TPSA) is 27.3 Å². The van der Waals surface area contributed by atoms with Crippen LogP contribution in [0.4, 0.5) is 0 Å². The SMILES string of the molecule is CCCCCCCC(CCCCC)NC1CCN(CCCNCC(CCCCCC)CCCCCC)CC1. The van der Waals surface area contributed by atoms with Crippen molar-refractivity contribution in [3.63, 3.8) is 0 Å². The van der Waals surface area contributed by atoms with E-state index in [4.69, 9.17) is 0 Å². The highest BCUT2D eigenvalue weighted by Crippen LogP contribution is 2.19. The van der Waals surface area contributed by atoms with E-state index in [9.17, 15) is 0 Å². The summed E-state index contributed by atoms with van der Waals surface area (Å²) in [5.41, 5.74) is 0.